The van der Waals surface area contributed by atoms with Crippen molar-refractivity contribution < 1.29 is 27.8 Å². The van der Waals surface area contributed by atoms with E-state index in [0.29, 0.717) is 59.8 Å². The number of nitrogens with zero attached hydrogens (tertiary/aromatic N) is 5. The van der Waals surface area contributed by atoms with Gasteiger partial charge in [-0.2, -0.15) is 9.97 Å². The molecule has 0 spiro atoms. The standard InChI is InChI=1S/C36H37F3N6O3/c1-3-23-25(38)7-5-20-11-22(46)12-24(27(20)23)30-29(39)31-28-33(45-16-21-6-8-26(40-21)32(45)18(2)48-34(28)41-30)43-35(42-31)47-17-36-9-4-10-44(36)15-19(13-36)14-37/h5,7,11-12,14,18,21,26,32,40,46H,3-4,6,8-10,13,15-17H2,1-2H3/b19-14-/t18-,21+,26-,32+,36-/m0/s1. The van der Waals surface area contributed by atoms with E-state index in [1.807, 2.05) is 13.8 Å². The van der Waals surface area contributed by atoms with E-state index in [1.165, 1.54) is 18.2 Å². The van der Waals surface area contributed by atoms with Gasteiger partial charge in [0, 0.05) is 30.7 Å². The van der Waals surface area contributed by atoms with E-state index in [1.54, 1.807) is 6.07 Å². The van der Waals surface area contributed by atoms with E-state index in [9.17, 15) is 9.50 Å². The van der Waals surface area contributed by atoms with Gasteiger partial charge in [0.25, 0.3) is 0 Å². The minimum Gasteiger partial charge on any atom is -0.508 e. The van der Waals surface area contributed by atoms with E-state index in [-0.39, 0.29) is 70.8 Å². The van der Waals surface area contributed by atoms with Crippen molar-refractivity contribution in [3.8, 4) is 28.9 Å². The Morgan fingerprint density at radius 3 is 2.88 bits per heavy atom. The van der Waals surface area contributed by atoms with E-state index in [4.69, 9.17) is 19.4 Å². The number of aryl methyl sites for hydroxylation is 1. The summed E-state index contributed by atoms with van der Waals surface area (Å²) in [4.78, 5) is 18.9. The molecule has 12 heteroatoms. The van der Waals surface area contributed by atoms with Crippen LogP contribution in [-0.2, 0) is 6.42 Å². The van der Waals surface area contributed by atoms with Gasteiger partial charge in [0.05, 0.1) is 17.9 Å². The molecule has 7 heterocycles. The molecule has 2 aromatic carbocycles. The minimum absolute atomic E-state index is 0.0174. The van der Waals surface area contributed by atoms with Gasteiger partial charge >= 0.3 is 6.01 Å². The summed E-state index contributed by atoms with van der Waals surface area (Å²) in [7, 11) is 0. The number of aromatic hydroxyl groups is 1. The topological polar surface area (TPSA) is 95.9 Å². The lowest BCUT2D eigenvalue weighted by atomic mass is 9.94. The highest BCUT2D eigenvalue weighted by molar-refractivity contribution is 6.03. The molecular formula is C36H37F3N6O3. The Hall–Kier alpha value is -4.16. The third kappa shape index (κ3) is 4.41. The van der Waals surface area contributed by atoms with E-state index in [0.717, 1.165) is 37.8 Å². The van der Waals surface area contributed by atoms with Gasteiger partial charge in [-0.3, -0.25) is 4.90 Å². The average Bonchev–Trinajstić information content (AvgIpc) is 3.74. The number of phenols is 1. The molecule has 2 N–H and O–H groups in total. The van der Waals surface area contributed by atoms with Crippen molar-refractivity contribution in [2.24, 2.45) is 0 Å². The quantitative estimate of drug-likeness (QED) is 0.270. The zero-order valence-corrected chi connectivity index (χ0v) is 26.9. The number of aromatic nitrogens is 3. The van der Waals surface area contributed by atoms with Crippen LogP contribution in [0.1, 0.15) is 51.5 Å². The first kappa shape index (κ1) is 29.9. The number of phenolic OH excluding ortho intramolecular Hbond substituents is 1. The molecule has 5 aliphatic rings. The molecule has 4 fully saturated rings. The highest BCUT2D eigenvalue weighted by Crippen LogP contribution is 2.47. The maximum atomic E-state index is 17.2. The maximum absolute atomic E-state index is 17.2. The van der Waals surface area contributed by atoms with E-state index < -0.39 is 11.6 Å². The Kier molecular flexibility index (Phi) is 6.82. The number of halogens is 3. The van der Waals surface area contributed by atoms with Crippen LogP contribution in [0.25, 0.3) is 32.9 Å². The molecule has 4 aromatic rings. The Balaban J connectivity index is 1.25. The van der Waals surface area contributed by atoms with Gasteiger partial charge < -0.3 is 24.8 Å². The molecule has 4 saturated heterocycles. The number of fused-ring (bicyclic) bond motifs is 7. The second kappa shape index (κ2) is 10.9. The third-order valence-electron chi connectivity index (χ3n) is 11.3. The van der Waals surface area contributed by atoms with E-state index in [2.05, 4.69) is 20.1 Å². The molecular weight excluding hydrogens is 621 g/mol. The van der Waals surface area contributed by atoms with Crippen molar-refractivity contribution >= 4 is 27.5 Å². The van der Waals surface area contributed by atoms with Crippen LogP contribution in [0.15, 0.2) is 36.2 Å². The van der Waals surface area contributed by atoms with Crippen molar-refractivity contribution in [1.82, 2.24) is 25.2 Å². The Morgan fingerprint density at radius 2 is 2.04 bits per heavy atom. The van der Waals surface area contributed by atoms with Crippen molar-refractivity contribution in [3.05, 3.63) is 53.4 Å². The lowest BCUT2D eigenvalue weighted by Crippen LogP contribution is -2.62. The molecule has 5 aliphatic heterocycles. The maximum Gasteiger partial charge on any atom is 0.319 e. The predicted molar refractivity (Wildman–Crippen MR) is 175 cm³/mol. The lowest BCUT2D eigenvalue weighted by molar-refractivity contribution is 0.108. The second-order valence-corrected chi connectivity index (χ2v) is 14.1. The van der Waals surface area contributed by atoms with Crippen molar-refractivity contribution in [1.29, 1.82) is 0 Å². The van der Waals surface area contributed by atoms with E-state index >= 15 is 8.78 Å². The number of rotatable bonds is 5. The van der Waals surface area contributed by atoms with Gasteiger partial charge in [-0.05, 0) is 92.1 Å². The lowest BCUT2D eigenvalue weighted by Gasteiger charge is -2.42. The number of benzene rings is 2. The highest BCUT2D eigenvalue weighted by Gasteiger charge is 2.49. The average molecular weight is 659 g/mol. The summed E-state index contributed by atoms with van der Waals surface area (Å²) in [5.41, 5.74) is 0.894. The number of nitrogens with one attached hydrogen (secondary N) is 1. The molecule has 48 heavy (non-hydrogen) atoms. The molecule has 9 rings (SSSR count). The summed E-state index contributed by atoms with van der Waals surface area (Å²) in [5.74, 6) is -0.566. The zero-order valence-electron chi connectivity index (χ0n) is 26.9. The first-order valence-electron chi connectivity index (χ1n) is 17.0. The first-order valence-corrected chi connectivity index (χ1v) is 17.0. The van der Waals surface area contributed by atoms with Crippen LogP contribution in [0, 0.1) is 11.6 Å². The van der Waals surface area contributed by atoms with Crippen LogP contribution >= 0.6 is 0 Å². The Morgan fingerprint density at radius 1 is 1.17 bits per heavy atom. The number of hydrogen-bond acceptors (Lipinski definition) is 9. The summed E-state index contributed by atoms with van der Waals surface area (Å²) in [5, 5.41) is 15.8. The number of hydrogen-bond donors (Lipinski definition) is 2. The molecule has 9 nitrogen and oxygen atoms in total. The van der Waals surface area contributed by atoms with Gasteiger partial charge in [0.2, 0.25) is 5.88 Å². The van der Waals surface area contributed by atoms with Crippen LogP contribution in [0.3, 0.4) is 0 Å². The molecule has 2 bridgehead atoms. The number of anilines is 1. The number of pyridine rings is 1. The first-order chi connectivity index (χ1) is 23.3. The van der Waals surface area contributed by atoms with Crippen molar-refractivity contribution in [2.75, 3.05) is 31.1 Å². The van der Waals surface area contributed by atoms with Crippen LogP contribution < -0.4 is 19.7 Å². The predicted octanol–water partition coefficient (Wildman–Crippen LogP) is 5.95. The molecule has 5 atom stereocenters. The van der Waals surface area contributed by atoms with Crippen LogP contribution in [-0.4, -0.2) is 81.0 Å². The largest absolute Gasteiger partial charge is 0.508 e. The highest BCUT2D eigenvalue weighted by atomic mass is 19.1. The molecule has 0 radical (unpaired) electrons. The fourth-order valence-electron chi connectivity index (χ4n) is 9.22. The normalized spacial score (nSPS) is 28.6. The zero-order chi connectivity index (χ0) is 32.9. The van der Waals surface area contributed by atoms with Gasteiger partial charge in [-0.1, -0.05) is 13.0 Å². The summed E-state index contributed by atoms with van der Waals surface area (Å²) < 4.78 is 58.9. The van der Waals surface area contributed by atoms with Crippen LogP contribution in [0.4, 0.5) is 19.0 Å². The van der Waals surface area contributed by atoms with Gasteiger partial charge in [-0.15, -0.1) is 0 Å². The summed E-state index contributed by atoms with van der Waals surface area (Å²) in [6, 6.07) is 6.21. The van der Waals surface area contributed by atoms with Crippen molar-refractivity contribution in [3.63, 3.8) is 0 Å². The molecule has 250 valence electrons. The smallest absolute Gasteiger partial charge is 0.319 e. The van der Waals surface area contributed by atoms with Crippen molar-refractivity contribution in [2.45, 2.75) is 82.1 Å². The van der Waals surface area contributed by atoms with Gasteiger partial charge in [-0.25, -0.2) is 18.2 Å². The van der Waals surface area contributed by atoms with Crippen LogP contribution in [0.5, 0.6) is 17.6 Å². The molecule has 0 aliphatic carbocycles. The van der Waals surface area contributed by atoms with Crippen LogP contribution in [0.2, 0.25) is 0 Å². The van der Waals surface area contributed by atoms with Gasteiger partial charge in [0.1, 0.15) is 46.7 Å². The number of piperazine rings is 1. The summed E-state index contributed by atoms with van der Waals surface area (Å²) in [6.07, 6.45) is 5.11. The molecule has 2 aromatic heterocycles. The van der Waals surface area contributed by atoms with Gasteiger partial charge in [0.15, 0.2) is 5.82 Å². The third-order valence-corrected chi connectivity index (χ3v) is 11.3. The SMILES string of the molecule is CCc1c(F)ccc2cc(O)cc(-c3nc4c5c(nc(OC[C@@]67CCCN6C/C(=C\F)C7)nc5c3F)N3C[C@H]5CC[C@H](N5)[C@H]3[C@H](C)O4)c12. The number of ether oxygens (including phenoxy) is 2. The fourth-order valence-corrected chi connectivity index (χ4v) is 9.22. The second-order valence-electron chi connectivity index (χ2n) is 14.1. The monoisotopic (exact) mass is 658 g/mol. The molecule has 0 amide bonds. The Labute approximate surface area is 275 Å². The molecule has 0 saturated carbocycles. The summed E-state index contributed by atoms with van der Waals surface area (Å²) in [6.45, 7) is 6.14. The molecule has 0 unspecified atom stereocenters. The minimum atomic E-state index is -0.738. The summed E-state index contributed by atoms with van der Waals surface area (Å²) >= 11 is 0. The fraction of sp³-hybridized carbons (Fsp3) is 0.472. The Bertz CT molecular complexity index is 2030.